The minimum atomic E-state index is -7.45. The highest BCUT2D eigenvalue weighted by Gasteiger charge is 2.86. The van der Waals surface area contributed by atoms with Crippen molar-refractivity contribution in [2.45, 2.75) is 60.2 Å². The van der Waals surface area contributed by atoms with Crippen LogP contribution in [0.3, 0.4) is 0 Å². The van der Waals surface area contributed by atoms with E-state index in [1.165, 1.54) is 72.4 Å². The van der Waals surface area contributed by atoms with Crippen molar-refractivity contribution >= 4 is 43.5 Å². The van der Waals surface area contributed by atoms with E-state index in [2.05, 4.69) is 0 Å². The smallest absolute Gasteiger partial charge is 0.201 e. The molecule has 1 aromatic heterocycles. The Bertz CT molecular complexity index is 1660. The molecule has 16 heteroatoms. The minimum absolute atomic E-state index is 0.0890. The SMILES string of the molecule is Cc1ccc(S(OS(=O)(=O)C(F)(F)C(F)(F)C(F)(F)C(F)(F)F)(c2ccc(C)cc2)c2ccc(Sc3ccccc3)s2)cc1. The largest absolute Gasteiger partial charge is 0.460 e. The highest BCUT2D eigenvalue weighted by Crippen LogP contribution is 2.73. The molecule has 0 radical (unpaired) electrons. The summed E-state index contributed by atoms with van der Waals surface area (Å²) in [6, 6.07) is 22.4. The van der Waals surface area contributed by atoms with E-state index in [0.29, 0.717) is 15.3 Å². The molecule has 0 aliphatic carbocycles. The molecule has 3 nitrogen and oxygen atoms in total. The predicted molar refractivity (Wildman–Crippen MR) is 151 cm³/mol. The molecule has 0 fully saturated rings. The van der Waals surface area contributed by atoms with Gasteiger partial charge in [-0.05, 0) is 72.7 Å². The Hall–Kier alpha value is -2.66. The lowest BCUT2D eigenvalue weighted by atomic mass is 10.1. The summed E-state index contributed by atoms with van der Waals surface area (Å²) in [7, 11) is -11.3. The van der Waals surface area contributed by atoms with Gasteiger partial charge in [0.05, 0.1) is 8.42 Å². The second-order valence-corrected chi connectivity index (χ2v) is 16.5. The van der Waals surface area contributed by atoms with Gasteiger partial charge >= 0.3 is 33.4 Å². The number of hydrogen-bond acceptors (Lipinski definition) is 5. The fourth-order valence-electron chi connectivity index (χ4n) is 3.75. The third kappa shape index (κ3) is 5.98. The lowest BCUT2D eigenvalue weighted by Gasteiger charge is -2.40. The van der Waals surface area contributed by atoms with Crippen molar-refractivity contribution in [3.05, 3.63) is 102 Å². The zero-order valence-electron chi connectivity index (χ0n) is 22.4. The molecule has 0 bridgehead atoms. The van der Waals surface area contributed by atoms with Crippen LogP contribution in [-0.4, -0.2) is 31.7 Å². The molecule has 0 N–H and O–H groups in total. The summed E-state index contributed by atoms with van der Waals surface area (Å²) < 4.78 is 157. The van der Waals surface area contributed by atoms with Gasteiger partial charge in [0.1, 0.15) is 0 Å². The number of halogens is 9. The zero-order valence-corrected chi connectivity index (χ0v) is 25.7. The topological polar surface area (TPSA) is 43.4 Å². The molecule has 0 amide bonds. The fourth-order valence-corrected chi connectivity index (χ4v) is 12.1. The van der Waals surface area contributed by atoms with Crippen LogP contribution in [0.2, 0.25) is 0 Å². The van der Waals surface area contributed by atoms with Gasteiger partial charge in [0, 0.05) is 14.7 Å². The summed E-state index contributed by atoms with van der Waals surface area (Å²) >= 11 is 2.04. The molecule has 0 saturated carbocycles. The van der Waals surface area contributed by atoms with Crippen LogP contribution in [0.4, 0.5) is 39.5 Å². The van der Waals surface area contributed by atoms with Crippen molar-refractivity contribution in [1.82, 2.24) is 0 Å². The van der Waals surface area contributed by atoms with Crippen molar-refractivity contribution in [3.8, 4) is 0 Å². The second kappa shape index (κ2) is 11.9. The van der Waals surface area contributed by atoms with E-state index in [-0.39, 0.29) is 14.0 Å². The highest BCUT2D eigenvalue weighted by molar-refractivity contribution is 8.34. The van der Waals surface area contributed by atoms with E-state index in [4.69, 9.17) is 3.63 Å². The van der Waals surface area contributed by atoms with Crippen LogP contribution in [0.5, 0.6) is 0 Å². The molecule has 0 unspecified atom stereocenters. The molecule has 3 aromatic carbocycles. The number of thiophene rings is 1. The quantitative estimate of drug-likeness (QED) is 0.154. The van der Waals surface area contributed by atoms with Crippen LogP contribution in [-0.2, 0) is 13.7 Å². The molecule has 44 heavy (non-hydrogen) atoms. The molecule has 0 spiro atoms. The summed E-state index contributed by atoms with van der Waals surface area (Å²) in [4.78, 5) is 0.465. The highest BCUT2D eigenvalue weighted by atomic mass is 32.3. The van der Waals surface area contributed by atoms with Crippen LogP contribution >= 0.6 is 33.4 Å². The van der Waals surface area contributed by atoms with Gasteiger partial charge < -0.3 is 0 Å². The van der Waals surface area contributed by atoms with Crippen LogP contribution in [0.15, 0.2) is 114 Å². The van der Waals surface area contributed by atoms with E-state index >= 15 is 8.78 Å². The van der Waals surface area contributed by atoms with Crippen LogP contribution < -0.4 is 0 Å². The lowest BCUT2D eigenvalue weighted by molar-refractivity contribution is -0.382. The van der Waals surface area contributed by atoms with Crippen LogP contribution in [0, 0.1) is 13.8 Å². The zero-order chi connectivity index (χ0) is 32.8. The molecule has 0 atom stereocenters. The Morgan fingerprint density at radius 1 is 0.636 bits per heavy atom. The van der Waals surface area contributed by atoms with Gasteiger partial charge in [-0.3, -0.25) is 0 Å². The Balaban J connectivity index is 1.98. The Labute approximate surface area is 256 Å². The maximum absolute atomic E-state index is 15.1. The number of aryl methyl sites for hydroxylation is 2. The average molecular weight is 705 g/mol. The van der Waals surface area contributed by atoms with Crippen molar-refractivity contribution in [1.29, 1.82) is 0 Å². The summed E-state index contributed by atoms with van der Waals surface area (Å²) in [6.07, 6.45) is -7.22. The van der Waals surface area contributed by atoms with Gasteiger partial charge in [-0.1, -0.05) is 65.4 Å². The first-order valence-corrected chi connectivity index (χ1v) is 16.8. The Kier molecular flexibility index (Phi) is 9.28. The van der Waals surface area contributed by atoms with E-state index < -0.39 is 43.7 Å². The first-order chi connectivity index (χ1) is 20.3. The molecule has 4 aromatic rings. The summed E-state index contributed by atoms with van der Waals surface area (Å²) in [6.45, 7) is 3.27. The third-order valence-electron chi connectivity index (χ3n) is 6.13. The van der Waals surface area contributed by atoms with Gasteiger partial charge in [0.2, 0.25) is 0 Å². The number of benzene rings is 3. The number of hydrogen-bond donors (Lipinski definition) is 0. The maximum Gasteiger partial charge on any atom is 0.460 e. The lowest BCUT2D eigenvalue weighted by Crippen LogP contribution is -2.63. The molecular weight excluding hydrogens is 684 g/mol. The summed E-state index contributed by atoms with van der Waals surface area (Å²) in [5.41, 5.74) is 1.23. The first kappa shape index (κ1) is 34.2. The van der Waals surface area contributed by atoms with E-state index in [1.807, 2.05) is 0 Å². The van der Waals surface area contributed by atoms with Gasteiger partial charge in [-0.2, -0.15) is 47.9 Å². The molecule has 0 saturated heterocycles. The second-order valence-electron chi connectivity index (χ2n) is 9.36. The Morgan fingerprint density at radius 2 is 1.11 bits per heavy atom. The predicted octanol–water partition coefficient (Wildman–Crippen LogP) is 10.5. The van der Waals surface area contributed by atoms with Gasteiger partial charge in [0.15, 0.2) is 0 Å². The Morgan fingerprint density at radius 3 is 1.57 bits per heavy atom. The van der Waals surface area contributed by atoms with Crippen LogP contribution in [0.25, 0.3) is 0 Å². The molecule has 1 heterocycles. The molecule has 238 valence electrons. The van der Waals surface area contributed by atoms with Gasteiger partial charge in [-0.15, -0.1) is 11.3 Å². The van der Waals surface area contributed by atoms with Crippen molar-refractivity contribution in [2.24, 2.45) is 0 Å². The summed E-state index contributed by atoms with van der Waals surface area (Å²) in [5, 5.41) is -7.04. The molecular formula is C28H21F9O3S4. The first-order valence-electron chi connectivity index (χ1n) is 12.2. The molecule has 4 rings (SSSR count). The summed E-state index contributed by atoms with van der Waals surface area (Å²) in [5.74, 6) is -14.9. The van der Waals surface area contributed by atoms with Crippen molar-refractivity contribution in [3.63, 3.8) is 0 Å². The van der Waals surface area contributed by atoms with E-state index in [0.717, 1.165) is 16.2 Å². The molecule has 0 aliphatic heterocycles. The third-order valence-corrected chi connectivity index (χ3v) is 14.1. The number of rotatable bonds is 10. The minimum Gasteiger partial charge on any atom is -0.201 e. The standard InChI is InChI=1S/C28H21F9O3S4/c1-18-8-12-21(13-9-18)43(22-14-10-19(2)11-15-22,24-17-16-23(42-24)41-20-6-4-3-5-7-20)40-44(38,39)28(36,37)26(31,32)25(29,30)27(33,34)35/h3-17H,1-2H3. The van der Waals surface area contributed by atoms with E-state index in [1.54, 1.807) is 44.2 Å². The van der Waals surface area contributed by atoms with Gasteiger partial charge in [-0.25, -0.2) is 3.63 Å². The normalized spacial score (nSPS) is 14.1. The van der Waals surface area contributed by atoms with Crippen molar-refractivity contribution < 1.29 is 51.6 Å². The fraction of sp³-hybridized carbons (Fsp3) is 0.214. The average Bonchev–Trinajstić information content (AvgIpc) is 3.41. The monoisotopic (exact) mass is 704 g/mol. The van der Waals surface area contributed by atoms with E-state index in [9.17, 15) is 39.2 Å². The van der Waals surface area contributed by atoms with Crippen LogP contribution in [0.1, 0.15) is 11.1 Å². The van der Waals surface area contributed by atoms with Crippen molar-refractivity contribution in [2.75, 3.05) is 0 Å². The van der Waals surface area contributed by atoms with Gasteiger partial charge in [0.25, 0.3) is 0 Å². The maximum atomic E-state index is 15.1. The molecule has 0 aliphatic rings. The number of alkyl halides is 9.